The first-order chi connectivity index (χ1) is 16.2. The molecule has 170 valence electrons. The fraction of sp³-hybridized carbons (Fsp3) is 0.0400. The van der Waals surface area contributed by atoms with Crippen LogP contribution < -0.4 is 4.90 Å². The molecule has 0 radical (unpaired) electrons. The van der Waals surface area contributed by atoms with E-state index in [2.05, 4.69) is 0 Å². The Morgan fingerprint density at radius 3 is 2.50 bits per heavy atom. The molecule has 1 amide bonds. The zero-order chi connectivity index (χ0) is 24.1. The molecule has 9 heteroatoms. The summed E-state index contributed by atoms with van der Waals surface area (Å²) in [7, 11) is 0. The van der Waals surface area contributed by atoms with Gasteiger partial charge in [-0.15, -0.1) is 0 Å². The van der Waals surface area contributed by atoms with Gasteiger partial charge in [-0.2, -0.15) is 0 Å². The molecule has 34 heavy (non-hydrogen) atoms. The van der Waals surface area contributed by atoms with Crippen molar-refractivity contribution in [1.82, 2.24) is 0 Å². The van der Waals surface area contributed by atoms with Crippen LogP contribution in [0.1, 0.15) is 22.2 Å². The summed E-state index contributed by atoms with van der Waals surface area (Å²) in [5.41, 5.74) is 0.702. The van der Waals surface area contributed by atoms with Crippen molar-refractivity contribution >= 4 is 63.1 Å². The maximum Gasteiger partial charge on any atom is 0.294 e. The van der Waals surface area contributed by atoms with Gasteiger partial charge < -0.3 is 9.52 Å². The third-order valence-corrected chi connectivity index (χ3v) is 6.47. The van der Waals surface area contributed by atoms with Crippen LogP contribution in [0.4, 0.5) is 10.1 Å². The lowest BCUT2D eigenvalue weighted by Crippen LogP contribution is -2.31. The Kier molecular flexibility index (Phi) is 5.60. The van der Waals surface area contributed by atoms with Gasteiger partial charge in [0.25, 0.3) is 5.91 Å². The Morgan fingerprint density at radius 1 is 0.971 bits per heavy atom. The van der Waals surface area contributed by atoms with E-state index in [9.17, 15) is 19.1 Å². The lowest BCUT2D eigenvalue weighted by molar-refractivity contribution is -0.117. The highest BCUT2D eigenvalue weighted by molar-refractivity contribution is 6.42. The van der Waals surface area contributed by atoms with Gasteiger partial charge in [-0.1, -0.05) is 46.9 Å². The number of carbonyl (C=O) groups is 2. The maximum atomic E-state index is 14.0. The minimum atomic E-state index is -1.12. The number of aliphatic hydroxyl groups excluding tert-OH is 1. The molecule has 1 N–H and O–H groups in total. The zero-order valence-corrected chi connectivity index (χ0v) is 19.3. The number of nitrogens with zero attached hydrogens (tertiary/aromatic N) is 1. The minimum absolute atomic E-state index is 0.0993. The number of rotatable bonds is 4. The van der Waals surface area contributed by atoms with Crippen LogP contribution in [0.25, 0.3) is 11.0 Å². The third kappa shape index (κ3) is 3.74. The highest BCUT2D eigenvalue weighted by Gasteiger charge is 2.45. The summed E-state index contributed by atoms with van der Waals surface area (Å²) in [5.74, 6) is -3.05. The summed E-state index contributed by atoms with van der Waals surface area (Å²) < 4.78 is 19.7. The number of fused-ring (bicyclic) bond motifs is 1. The number of ketones is 1. The number of anilines is 1. The number of halogens is 4. The Morgan fingerprint density at radius 2 is 1.76 bits per heavy atom. The molecular weight excluding hydrogens is 504 g/mol. The Hall–Kier alpha value is -3.32. The van der Waals surface area contributed by atoms with Crippen LogP contribution in [0.2, 0.25) is 15.1 Å². The van der Waals surface area contributed by atoms with Gasteiger partial charge in [0.05, 0.1) is 21.7 Å². The number of carbonyl (C=O) groups excluding carboxylic acids is 2. The molecule has 0 aliphatic carbocycles. The van der Waals surface area contributed by atoms with Gasteiger partial charge in [-0.3, -0.25) is 14.5 Å². The molecule has 1 unspecified atom stereocenters. The Balaban J connectivity index is 1.68. The minimum Gasteiger partial charge on any atom is -0.503 e. The molecule has 0 spiro atoms. The van der Waals surface area contributed by atoms with Crippen molar-refractivity contribution in [1.29, 1.82) is 0 Å². The van der Waals surface area contributed by atoms with E-state index in [-0.39, 0.29) is 27.1 Å². The molecule has 1 aliphatic rings. The summed E-state index contributed by atoms with van der Waals surface area (Å²) in [5, 5.41) is 12.3. The second-order valence-electron chi connectivity index (χ2n) is 7.62. The fourth-order valence-corrected chi connectivity index (χ4v) is 4.47. The first-order valence-electron chi connectivity index (χ1n) is 9.95. The van der Waals surface area contributed by atoms with Crippen molar-refractivity contribution in [3.05, 3.63) is 110 Å². The van der Waals surface area contributed by atoms with Crippen LogP contribution >= 0.6 is 34.8 Å². The van der Waals surface area contributed by atoms with Gasteiger partial charge >= 0.3 is 0 Å². The first-order valence-corrected chi connectivity index (χ1v) is 11.1. The molecule has 0 saturated carbocycles. The normalized spacial score (nSPS) is 16.1. The van der Waals surface area contributed by atoms with Gasteiger partial charge in [0.15, 0.2) is 11.5 Å². The van der Waals surface area contributed by atoms with E-state index >= 15 is 0 Å². The van der Waals surface area contributed by atoms with Crippen molar-refractivity contribution in [3.8, 4) is 0 Å². The lowest BCUT2D eigenvalue weighted by Gasteiger charge is -2.27. The topological polar surface area (TPSA) is 70.8 Å². The highest BCUT2D eigenvalue weighted by Crippen LogP contribution is 2.43. The van der Waals surface area contributed by atoms with E-state index in [1.165, 1.54) is 36.4 Å². The second kappa shape index (κ2) is 8.47. The van der Waals surface area contributed by atoms with Crippen molar-refractivity contribution in [2.75, 3.05) is 4.90 Å². The lowest BCUT2D eigenvalue weighted by atomic mass is 9.94. The van der Waals surface area contributed by atoms with Crippen molar-refractivity contribution in [2.24, 2.45) is 0 Å². The van der Waals surface area contributed by atoms with Crippen LogP contribution in [0.5, 0.6) is 0 Å². The van der Waals surface area contributed by atoms with Crippen molar-refractivity contribution < 1.29 is 23.5 Å². The number of Topliss-reactive ketones (excluding diaryl/α,β-unsaturated/α-hetero) is 1. The van der Waals surface area contributed by atoms with Gasteiger partial charge in [-0.25, -0.2) is 4.39 Å². The monoisotopic (exact) mass is 515 g/mol. The third-order valence-electron chi connectivity index (χ3n) is 5.50. The molecule has 2 heterocycles. The van der Waals surface area contributed by atoms with Gasteiger partial charge in [0.1, 0.15) is 11.4 Å². The average Bonchev–Trinajstić information content (AvgIpc) is 3.34. The molecule has 1 aromatic heterocycles. The van der Waals surface area contributed by atoms with Gasteiger partial charge in [-0.05, 0) is 60.2 Å². The predicted molar refractivity (Wildman–Crippen MR) is 128 cm³/mol. The molecule has 5 nitrogen and oxygen atoms in total. The van der Waals surface area contributed by atoms with E-state index in [0.717, 1.165) is 11.0 Å². The molecule has 5 rings (SSSR count). The highest BCUT2D eigenvalue weighted by atomic mass is 35.5. The summed E-state index contributed by atoms with van der Waals surface area (Å²) in [6.45, 7) is 0. The van der Waals surface area contributed by atoms with E-state index < -0.39 is 29.3 Å². The van der Waals surface area contributed by atoms with E-state index in [0.29, 0.717) is 21.6 Å². The average molecular weight is 517 g/mol. The van der Waals surface area contributed by atoms with Crippen LogP contribution in [0.3, 0.4) is 0 Å². The van der Waals surface area contributed by atoms with Crippen LogP contribution in [0.15, 0.2) is 82.5 Å². The summed E-state index contributed by atoms with van der Waals surface area (Å²) in [6.07, 6.45) is 0. The smallest absolute Gasteiger partial charge is 0.294 e. The molecule has 0 fully saturated rings. The maximum absolute atomic E-state index is 14.0. The molecule has 0 bridgehead atoms. The molecule has 0 saturated heterocycles. The Bertz CT molecular complexity index is 1530. The van der Waals surface area contributed by atoms with Gasteiger partial charge in [0, 0.05) is 16.1 Å². The molecule has 3 aromatic carbocycles. The van der Waals surface area contributed by atoms with Crippen molar-refractivity contribution in [2.45, 2.75) is 6.04 Å². The van der Waals surface area contributed by atoms with Gasteiger partial charge in [0.2, 0.25) is 5.78 Å². The molecule has 1 atom stereocenters. The van der Waals surface area contributed by atoms with Crippen LogP contribution in [-0.4, -0.2) is 16.8 Å². The summed E-state index contributed by atoms with van der Waals surface area (Å²) in [6, 6.07) is 15.0. The molecule has 1 aliphatic heterocycles. The van der Waals surface area contributed by atoms with E-state index in [1.807, 2.05) is 0 Å². The number of benzene rings is 3. The zero-order valence-electron chi connectivity index (χ0n) is 17.1. The van der Waals surface area contributed by atoms with Crippen molar-refractivity contribution in [3.63, 3.8) is 0 Å². The number of amides is 1. The SMILES string of the molecule is O=C(C1=C(O)C(=O)N(c2cccc(F)c2)C1c1ccc(Cl)c(Cl)c1)c1cc2cc(Cl)ccc2o1. The Labute approximate surface area is 207 Å². The number of hydrogen-bond acceptors (Lipinski definition) is 4. The second-order valence-corrected chi connectivity index (χ2v) is 8.87. The summed E-state index contributed by atoms with van der Waals surface area (Å²) >= 11 is 18.3. The van der Waals surface area contributed by atoms with E-state index in [1.54, 1.807) is 24.3 Å². The fourth-order valence-electron chi connectivity index (χ4n) is 3.99. The predicted octanol–water partition coefficient (Wildman–Crippen LogP) is 7.32. The molecule has 4 aromatic rings. The first kappa shape index (κ1) is 22.5. The largest absolute Gasteiger partial charge is 0.503 e. The van der Waals surface area contributed by atoms with Crippen LogP contribution in [-0.2, 0) is 4.79 Å². The van der Waals surface area contributed by atoms with Crippen LogP contribution in [0, 0.1) is 5.82 Å². The molecular formula is C25H13Cl3FNO4. The quantitative estimate of drug-likeness (QED) is 0.289. The van der Waals surface area contributed by atoms with E-state index in [4.69, 9.17) is 39.2 Å². The standard InChI is InChI=1S/C25H13Cl3FNO4/c26-14-5-7-19-13(8-14)10-20(34-19)23(31)21-22(12-4-6-17(27)18(28)9-12)30(25(33)24(21)32)16-3-1-2-15(29)11-16/h1-11,22,32H. The number of furan rings is 1. The number of hydrogen-bond donors (Lipinski definition) is 1. The number of aliphatic hydroxyl groups is 1. The summed E-state index contributed by atoms with van der Waals surface area (Å²) in [4.78, 5) is 27.9.